The molecule has 0 aliphatic carbocycles. The summed E-state index contributed by atoms with van der Waals surface area (Å²) in [5.74, 6) is 0. The maximum Gasteiger partial charge on any atom is 0.0598 e. The monoisotopic (exact) mass is 269 g/mol. The minimum absolute atomic E-state index is 0.166. The van der Waals surface area contributed by atoms with Crippen LogP contribution in [-0.4, -0.2) is 18.1 Å². The van der Waals surface area contributed by atoms with Crippen LogP contribution in [-0.2, 0) is 13.0 Å². The fourth-order valence-corrected chi connectivity index (χ4v) is 2.42. The number of aryl methyl sites for hydroxylation is 1. The number of nitrogens with zero attached hydrogens (tertiary/aromatic N) is 2. The van der Waals surface area contributed by atoms with Crippen LogP contribution in [0.1, 0.15) is 23.7 Å². The van der Waals surface area contributed by atoms with E-state index in [1.54, 1.807) is 0 Å². The predicted octanol–water partition coefficient (Wildman–Crippen LogP) is 2.92. The second-order valence-corrected chi connectivity index (χ2v) is 5.49. The SMILES string of the molecule is Cc1ccc(N(C)Cc2ccccn2)c(CC(C)N)c1. The Morgan fingerprint density at radius 2 is 2.05 bits per heavy atom. The van der Waals surface area contributed by atoms with Crippen molar-refractivity contribution in [3.63, 3.8) is 0 Å². The zero-order chi connectivity index (χ0) is 14.5. The topological polar surface area (TPSA) is 42.2 Å². The zero-order valence-corrected chi connectivity index (χ0v) is 12.5. The highest BCUT2D eigenvalue weighted by atomic mass is 15.1. The Morgan fingerprint density at radius 3 is 2.70 bits per heavy atom. The molecule has 0 saturated heterocycles. The van der Waals surface area contributed by atoms with Crippen molar-refractivity contribution >= 4 is 5.69 Å². The normalized spacial score (nSPS) is 12.2. The van der Waals surface area contributed by atoms with Crippen molar-refractivity contribution in [2.24, 2.45) is 5.73 Å². The third-order valence-electron chi connectivity index (χ3n) is 3.31. The van der Waals surface area contributed by atoms with E-state index >= 15 is 0 Å². The average Bonchev–Trinajstić information content (AvgIpc) is 2.39. The van der Waals surface area contributed by atoms with Gasteiger partial charge in [0.05, 0.1) is 12.2 Å². The van der Waals surface area contributed by atoms with Crippen LogP contribution in [0.5, 0.6) is 0 Å². The summed E-state index contributed by atoms with van der Waals surface area (Å²) < 4.78 is 0. The Bertz CT molecular complexity index is 549. The van der Waals surface area contributed by atoms with E-state index in [4.69, 9.17) is 5.73 Å². The highest BCUT2D eigenvalue weighted by Gasteiger charge is 2.10. The Balaban J connectivity index is 2.22. The first kappa shape index (κ1) is 14.5. The van der Waals surface area contributed by atoms with Crippen molar-refractivity contribution in [3.8, 4) is 0 Å². The van der Waals surface area contributed by atoms with Gasteiger partial charge < -0.3 is 10.6 Å². The minimum Gasteiger partial charge on any atom is -0.368 e. The van der Waals surface area contributed by atoms with Crippen LogP contribution in [0.4, 0.5) is 5.69 Å². The number of hydrogen-bond acceptors (Lipinski definition) is 3. The summed E-state index contributed by atoms with van der Waals surface area (Å²) in [6.07, 6.45) is 2.73. The molecular formula is C17H23N3. The van der Waals surface area contributed by atoms with Crippen LogP contribution >= 0.6 is 0 Å². The molecule has 0 amide bonds. The highest BCUT2D eigenvalue weighted by molar-refractivity contribution is 5.55. The lowest BCUT2D eigenvalue weighted by atomic mass is 10.0. The number of hydrogen-bond donors (Lipinski definition) is 1. The Morgan fingerprint density at radius 1 is 1.25 bits per heavy atom. The number of benzene rings is 1. The van der Waals surface area contributed by atoms with Gasteiger partial charge in [-0.2, -0.15) is 0 Å². The molecule has 1 aromatic carbocycles. The molecule has 2 N–H and O–H groups in total. The summed E-state index contributed by atoms with van der Waals surface area (Å²) in [5, 5.41) is 0. The largest absolute Gasteiger partial charge is 0.368 e. The molecule has 3 heteroatoms. The van der Waals surface area contributed by atoms with Crippen molar-refractivity contribution in [1.82, 2.24) is 4.98 Å². The van der Waals surface area contributed by atoms with E-state index in [2.05, 4.69) is 48.1 Å². The van der Waals surface area contributed by atoms with Crippen molar-refractivity contribution in [2.75, 3.05) is 11.9 Å². The second-order valence-electron chi connectivity index (χ2n) is 5.49. The van der Waals surface area contributed by atoms with Crippen LogP contribution < -0.4 is 10.6 Å². The van der Waals surface area contributed by atoms with Crippen molar-refractivity contribution < 1.29 is 0 Å². The van der Waals surface area contributed by atoms with E-state index in [9.17, 15) is 0 Å². The second kappa shape index (κ2) is 6.53. The molecule has 1 aromatic heterocycles. The van der Waals surface area contributed by atoms with Crippen LogP contribution in [0, 0.1) is 6.92 Å². The standard InChI is InChI=1S/C17H23N3/c1-13-7-8-17(15(10-13)11-14(2)18)20(3)12-16-6-4-5-9-19-16/h4-10,14H,11-12,18H2,1-3H3. The van der Waals surface area contributed by atoms with Crippen molar-refractivity contribution in [3.05, 3.63) is 59.4 Å². The molecule has 1 heterocycles. The van der Waals surface area contributed by atoms with Gasteiger partial charge in [0.2, 0.25) is 0 Å². The first-order valence-corrected chi connectivity index (χ1v) is 7.02. The Labute approximate surface area is 121 Å². The fourth-order valence-electron chi connectivity index (χ4n) is 2.42. The molecule has 1 unspecified atom stereocenters. The third kappa shape index (κ3) is 3.81. The van der Waals surface area contributed by atoms with Gasteiger partial charge in [-0.3, -0.25) is 4.98 Å². The van der Waals surface area contributed by atoms with Gasteiger partial charge >= 0.3 is 0 Å². The minimum atomic E-state index is 0.166. The molecule has 106 valence electrons. The van der Waals surface area contributed by atoms with Crippen LogP contribution in [0.15, 0.2) is 42.6 Å². The smallest absolute Gasteiger partial charge is 0.0598 e. The van der Waals surface area contributed by atoms with Crippen molar-refractivity contribution in [1.29, 1.82) is 0 Å². The molecule has 2 aromatic rings. The van der Waals surface area contributed by atoms with Crippen LogP contribution in [0.25, 0.3) is 0 Å². The first-order valence-electron chi connectivity index (χ1n) is 7.02. The quantitative estimate of drug-likeness (QED) is 0.907. The van der Waals surface area contributed by atoms with Crippen molar-refractivity contribution in [2.45, 2.75) is 32.9 Å². The molecule has 0 spiro atoms. The van der Waals surface area contributed by atoms with E-state index in [1.807, 2.05) is 25.3 Å². The molecule has 1 atom stereocenters. The van der Waals surface area contributed by atoms with E-state index in [-0.39, 0.29) is 6.04 Å². The van der Waals surface area contributed by atoms with E-state index in [0.29, 0.717) is 0 Å². The Kier molecular flexibility index (Phi) is 4.74. The summed E-state index contributed by atoms with van der Waals surface area (Å²) >= 11 is 0. The lowest BCUT2D eigenvalue weighted by Crippen LogP contribution is -2.22. The molecule has 2 rings (SSSR count). The molecule has 3 nitrogen and oxygen atoms in total. The van der Waals surface area contributed by atoms with E-state index in [1.165, 1.54) is 16.8 Å². The molecule has 0 aliphatic heterocycles. The third-order valence-corrected chi connectivity index (χ3v) is 3.31. The number of pyridine rings is 1. The van der Waals surface area contributed by atoms with Gasteiger partial charge in [0.25, 0.3) is 0 Å². The summed E-state index contributed by atoms with van der Waals surface area (Å²) in [7, 11) is 2.10. The van der Waals surface area contributed by atoms with Gasteiger partial charge in [0, 0.05) is 25.0 Å². The summed E-state index contributed by atoms with van der Waals surface area (Å²) in [6.45, 7) is 4.97. The fraction of sp³-hybridized carbons (Fsp3) is 0.353. The maximum atomic E-state index is 5.97. The van der Waals surface area contributed by atoms with Crippen LogP contribution in [0.2, 0.25) is 0 Å². The van der Waals surface area contributed by atoms with Gasteiger partial charge in [-0.15, -0.1) is 0 Å². The van der Waals surface area contributed by atoms with Crippen LogP contribution in [0.3, 0.4) is 0 Å². The number of rotatable bonds is 5. The molecule has 0 fully saturated rings. The van der Waals surface area contributed by atoms with Gasteiger partial charge in [0.15, 0.2) is 0 Å². The lowest BCUT2D eigenvalue weighted by molar-refractivity contribution is 0.733. The molecule has 0 radical (unpaired) electrons. The van der Waals surface area contributed by atoms with E-state index in [0.717, 1.165) is 18.7 Å². The number of nitrogens with two attached hydrogens (primary N) is 1. The molecule has 0 saturated carbocycles. The zero-order valence-electron chi connectivity index (χ0n) is 12.5. The maximum absolute atomic E-state index is 5.97. The van der Waals surface area contributed by atoms with E-state index < -0.39 is 0 Å². The molecular weight excluding hydrogens is 246 g/mol. The predicted molar refractivity (Wildman–Crippen MR) is 84.9 cm³/mol. The van der Waals surface area contributed by atoms with Gasteiger partial charge in [-0.25, -0.2) is 0 Å². The Hall–Kier alpha value is -1.87. The lowest BCUT2D eigenvalue weighted by Gasteiger charge is -2.23. The van der Waals surface area contributed by atoms with Gasteiger partial charge in [-0.1, -0.05) is 23.8 Å². The first-order chi connectivity index (χ1) is 9.56. The summed E-state index contributed by atoms with van der Waals surface area (Å²) in [5.41, 5.74) is 10.8. The molecule has 0 bridgehead atoms. The number of anilines is 1. The number of aromatic nitrogens is 1. The molecule has 20 heavy (non-hydrogen) atoms. The highest BCUT2D eigenvalue weighted by Crippen LogP contribution is 2.23. The summed E-state index contributed by atoms with van der Waals surface area (Å²) in [6, 6.07) is 12.7. The summed E-state index contributed by atoms with van der Waals surface area (Å²) in [4.78, 5) is 6.62. The van der Waals surface area contributed by atoms with Gasteiger partial charge in [0.1, 0.15) is 0 Å². The van der Waals surface area contributed by atoms with Gasteiger partial charge in [-0.05, 0) is 44.0 Å². The average molecular weight is 269 g/mol. The molecule has 0 aliphatic rings.